The van der Waals surface area contributed by atoms with Crippen molar-refractivity contribution in [2.75, 3.05) is 13.6 Å². The molecule has 0 saturated heterocycles. The quantitative estimate of drug-likeness (QED) is 0.654. The fraction of sp³-hybridized carbons (Fsp3) is 0.353. The van der Waals surface area contributed by atoms with Gasteiger partial charge in [0.1, 0.15) is 11.3 Å². The Hall–Kier alpha value is -2.72. The van der Waals surface area contributed by atoms with Crippen molar-refractivity contribution in [3.05, 3.63) is 42.4 Å². The van der Waals surface area contributed by atoms with Crippen molar-refractivity contribution in [2.24, 2.45) is 0 Å². The second kappa shape index (κ2) is 7.49. The summed E-state index contributed by atoms with van der Waals surface area (Å²) in [5.41, 5.74) is 1.24. The topological polar surface area (TPSA) is 110 Å². The van der Waals surface area contributed by atoms with Crippen molar-refractivity contribution in [3.8, 4) is 0 Å². The van der Waals surface area contributed by atoms with Gasteiger partial charge in [-0.05, 0) is 44.2 Å². The third kappa shape index (κ3) is 4.01. The molecule has 10 heteroatoms. The van der Waals surface area contributed by atoms with E-state index in [1.54, 1.807) is 22.9 Å². The fourth-order valence-corrected chi connectivity index (χ4v) is 3.73. The molecule has 0 aliphatic carbocycles. The fourth-order valence-electron chi connectivity index (χ4n) is 2.59. The van der Waals surface area contributed by atoms with Crippen molar-refractivity contribution in [3.63, 3.8) is 0 Å². The van der Waals surface area contributed by atoms with Crippen LogP contribution in [0.1, 0.15) is 25.6 Å². The molecule has 0 spiro atoms. The van der Waals surface area contributed by atoms with E-state index in [1.807, 2.05) is 13.8 Å². The summed E-state index contributed by atoms with van der Waals surface area (Å²) in [6, 6.07) is 8.18. The summed E-state index contributed by atoms with van der Waals surface area (Å²) in [4.78, 5) is 12.1. The number of sulfonamides is 1. The van der Waals surface area contributed by atoms with Crippen molar-refractivity contribution < 1.29 is 17.6 Å². The van der Waals surface area contributed by atoms with E-state index in [4.69, 9.17) is 4.42 Å². The Morgan fingerprint density at radius 1 is 1.33 bits per heavy atom. The monoisotopic (exact) mass is 391 g/mol. The molecular formula is C17H21N5O4S. The largest absolute Gasteiger partial charge is 0.467 e. The van der Waals surface area contributed by atoms with Crippen LogP contribution >= 0.6 is 0 Å². The average Bonchev–Trinajstić information content (AvgIpc) is 3.28. The Morgan fingerprint density at radius 2 is 2.11 bits per heavy atom. The molecule has 0 aliphatic rings. The Bertz CT molecular complexity index is 1040. The van der Waals surface area contributed by atoms with Crippen LogP contribution in [0.5, 0.6) is 0 Å². The van der Waals surface area contributed by atoms with Gasteiger partial charge in [0.05, 0.1) is 29.8 Å². The minimum absolute atomic E-state index is 0.0622. The van der Waals surface area contributed by atoms with Crippen molar-refractivity contribution in [2.45, 2.75) is 31.3 Å². The molecule has 1 amide bonds. The molecule has 0 bridgehead atoms. The summed E-state index contributed by atoms with van der Waals surface area (Å²) < 4.78 is 33.4. The first-order valence-corrected chi connectivity index (χ1v) is 9.83. The number of benzene rings is 1. The summed E-state index contributed by atoms with van der Waals surface area (Å²) >= 11 is 0. The lowest BCUT2D eigenvalue weighted by Crippen LogP contribution is -2.38. The standard InChI is InChI=1S/C17H21N5O4S/c1-12(2)22-16-7-6-14(9-15(16)19-20-22)27(24,25)21(3)11-17(23)18-10-13-5-4-8-26-13/h4-9,12H,10-11H2,1-3H3,(H,18,23). The predicted molar refractivity (Wildman–Crippen MR) is 98.3 cm³/mol. The molecule has 0 radical (unpaired) electrons. The number of amides is 1. The summed E-state index contributed by atoms with van der Waals surface area (Å²) in [6.45, 7) is 3.82. The number of carbonyl (C=O) groups is 1. The van der Waals surface area contributed by atoms with Gasteiger partial charge in [-0.1, -0.05) is 5.21 Å². The average molecular weight is 391 g/mol. The van der Waals surface area contributed by atoms with Crippen LogP contribution in [0, 0.1) is 0 Å². The maximum atomic E-state index is 12.8. The van der Waals surface area contributed by atoms with Crippen LogP contribution in [0.3, 0.4) is 0 Å². The molecule has 0 saturated carbocycles. The lowest BCUT2D eigenvalue weighted by atomic mass is 10.3. The van der Waals surface area contributed by atoms with Crippen molar-refractivity contribution in [1.82, 2.24) is 24.6 Å². The number of likely N-dealkylation sites (N-methyl/N-ethyl adjacent to an activating group) is 1. The molecule has 1 aromatic carbocycles. The van der Waals surface area contributed by atoms with Gasteiger partial charge >= 0.3 is 0 Å². The molecule has 0 aliphatic heterocycles. The number of nitrogens with zero attached hydrogens (tertiary/aromatic N) is 4. The molecule has 0 unspecified atom stereocenters. The third-order valence-corrected chi connectivity index (χ3v) is 5.85. The highest BCUT2D eigenvalue weighted by Gasteiger charge is 2.24. The maximum Gasteiger partial charge on any atom is 0.243 e. The zero-order chi connectivity index (χ0) is 19.6. The number of nitrogens with one attached hydrogen (secondary N) is 1. The zero-order valence-corrected chi connectivity index (χ0v) is 16.1. The van der Waals surface area contributed by atoms with Gasteiger partial charge in [-0.2, -0.15) is 4.31 Å². The highest BCUT2D eigenvalue weighted by molar-refractivity contribution is 7.89. The van der Waals surface area contributed by atoms with E-state index in [1.165, 1.54) is 25.4 Å². The van der Waals surface area contributed by atoms with Crippen LogP contribution < -0.4 is 5.32 Å². The van der Waals surface area contributed by atoms with E-state index < -0.39 is 15.9 Å². The van der Waals surface area contributed by atoms with Crippen LogP contribution in [-0.4, -0.2) is 47.2 Å². The molecule has 0 atom stereocenters. The van der Waals surface area contributed by atoms with Crippen LogP contribution in [0.25, 0.3) is 11.0 Å². The van der Waals surface area contributed by atoms with Crippen LogP contribution in [0.4, 0.5) is 0 Å². The van der Waals surface area contributed by atoms with E-state index in [0.717, 1.165) is 9.82 Å². The number of hydrogen-bond acceptors (Lipinski definition) is 6. The van der Waals surface area contributed by atoms with Crippen molar-refractivity contribution >= 4 is 27.0 Å². The Labute approximate surface area is 157 Å². The summed E-state index contributed by atoms with van der Waals surface area (Å²) in [7, 11) is -2.48. The molecule has 1 N–H and O–H groups in total. The summed E-state index contributed by atoms with van der Waals surface area (Å²) in [5.74, 6) is 0.164. The van der Waals surface area contributed by atoms with Crippen LogP contribution in [-0.2, 0) is 21.4 Å². The Balaban J connectivity index is 1.72. The number of carbonyl (C=O) groups excluding carboxylic acids is 1. The van der Waals surface area contributed by atoms with Crippen molar-refractivity contribution in [1.29, 1.82) is 0 Å². The molecule has 0 fully saturated rings. The van der Waals surface area contributed by atoms with Gasteiger partial charge in [0.25, 0.3) is 0 Å². The van der Waals surface area contributed by atoms with E-state index in [2.05, 4.69) is 15.6 Å². The van der Waals surface area contributed by atoms with Crippen LogP contribution in [0.2, 0.25) is 0 Å². The minimum atomic E-state index is -3.84. The van der Waals surface area contributed by atoms with Gasteiger partial charge in [0, 0.05) is 13.1 Å². The molecule has 144 valence electrons. The van der Waals surface area contributed by atoms with Crippen LogP contribution in [0.15, 0.2) is 45.9 Å². The first kappa shape index (κ1) is 19.1. The molecular weight excluding hydrogens is 370 g/mol. The van der Waals surface area contributed by atoms with Gasteiger partial charge in [-0.3, -0.25) is 4.79 Å². The molecule has 2 heterocycles. The summed E-state index contributed by atoms with van der Waals surface area (Å²) in [5, 5.41) is 10.7. The minimum Gasteiger partial charge on any atom is -0.467 e. The van der Waals surface area contributed by atoms with Gasteiger partial charge in [-0.15, -0.1) is 5.10 Å². The molecule has 3 rings (SSSR count). The second-order valence-corrected chi connectivity index (χ2v) is 8.44. The lowest BCUT2D eigenvalue weighted by molar-refractivity contribution is -0.121. The van der Waals surface area contributed by atoms with Gasteiger partial charge in [0.15, 0.2) is 0 Å². The smallest absolute Gasteiger partial charge is 0.243 e. The zero-order valence-electron chi connectivity index (χ0n) is 15.3. The number of rotatable bonds is 7. The first-order valence-electron chi connectivity index (χ1n) is 8.39. The van der Waals surface area contributed by atoms with Gasteiger partial charge < -0.3 is 9.73 Å². The van der Waals surface area contributed by atoms with E-state index in [9.17, 15) is 13.2 Å². The predicted octanol–water partition coefficient (Wildman–Crippen LogP) is 1.54. The van der Waals surface area contributed by atoms with E-state index >= 15 is 0 Å². The number of hydrogen-bond donors (Lipinski definition) is 1. The van der Waals surface area contributed by atoms with Gasteiger partial charge in [-0.25, -0.2) is 13.1 Å². The molecule has 27 heavy (non-hydrogen) atoms. The van der Waals surface area contributed by atoms with Gasteiger partial charge in [0.2, 0.25) is 15.9 Å². The number of aromatic nitrogens is 3. The highest BCUT2D eigenvalue weighted by atomic mass is 32.2. The van der Waals surface area contributed by atoms with E-state index in [-0.39, 0.29) is 24.0 Å². The Morgan fingerprint density at radius 3 is 2.78 bits per heavy atom. The number of fused-ring (bicyclic) bond motifs is 1. The Kier molecular flexibility index (Phi) is 5.29. The normalized spacial score (nSPS) is 12.2. The third-order valence-electron chi connectivity index (χ3n) is 4.05. The maximum absolute atomic E-state index is 12.8. The number of furan rings is 1. The van der Waals surface area contributed by atoms with E-state index in [0.29, 0.717) is 11.3 Å². The summed E-state index contributed by atoms with van der Waals surface area (Å²) in [6.07, 6.45) is 1.50. The molecule has 9 nitrogen and oxygen atoms in total. The lowest BCUT2D eigenvalue weighted by Gasteiger charge is -2.16. The second-order valence-electron chi connectivity index (χ2n) is 6.40. The first-order chi connectivity index (χ1) is 12.8. The highest BCUT2D eigenvalue weighted by Crippen LogP contribution is 2.21. The molecule has 3 aromatic rings. The molecule has 2 aromatic heterocycles. The SMILES string of the molecule is CC(C)n1nnc2cc(S(=O)(=O)N(C)CC(=O)NCc3ccco3)ccc21.